The highest BCUT2D eigenvalue weighted by atomic mass is 16.5. The number of rotatable bonds is 2. The molecule has 0 spiro atoms. The predicted octanol–water partition coefficient (Wildman–Crippen LogP) is -0.0127. The topological polar surface area (TPSA) is 41.6 Å². The molecule has 2 fully saturated rings. The van der Waals surface area contributed by atoms with Gasteiger partial charge in [-0.25, -0.2) is 0 Å². The summed E-state index contributed by atoms with van der Waals surface area (Å²) in [5.41, 5.74) is -0.0903. The summed E-state index contributed by atoms with van der Waals surface area (Å²) in [6.45, 7) is 5.91. The summed E-state index contributed by atoms with van der Waals surface area (Å²) >= 11 is 0. The summed E-state index contributed by atoms with van der Waals surface area (Å²) in [7, 11) is 0. The third-order valence-corrected chi connectivity index (χ3v) is 3.01. The molecule has 4 nitrogen and oxygen atoms in total. The molecule has 2 heterocycles. The number of ether oxygens (including phenoxy) is 1. The molecule has 0 aromatic carbocycles. The minimum Gasteiger partial charge on any atom is -0.373 e. The summed E-state index contributed by atoms with van der Waals surface area (Å²) in [6.07, 6.45) is 2.20. The van der Waals surface area contributed by atoms with E-state index < -0.39 is 0 Å². The van der Waals surface area contributed by atoms with Gasteiger partial charge < -0.3 is 15.0 Å². The highest BCUT2D eigenvalue weighted by molar-refractivity contribution is 5.79. The number of hydrogen-bond acceptors (Lipinski definition) is 3. The second-order valence-electron chi connectivity index (χ2n) is 4.39. The number of nitrogens with zero attached hydrogens (tertiary/aromatic N) is 1. The molecule has 0 aromatic heterocycles. The van der Waals surface area contributed by atoms with Crippen LogP contribution < -0.4 is 5.32 Å². The molecule has 4 heteroatoms. The molecule has 0 saturated carbocycles. The molecule has 80 valence electrons. The van der Waals surface area contributed by atoms with Crippen molar-refractivity contribution in [3.8, 4) is 0 Å². The van der Waals surface area contributed by atoms with Crippen molar-refractivity contribution in [2.45, 2.75) is 25.4 Å². The zero-order valence-electron chi connectivity index (χ0n) is 8.71. The summed E-state index contributed by atoms with van der Waals surface area (Å²) in [5, 5.41) is 3.07. The summed E-state index contributed by atoms with van der Waals surface area (Å²) < 4.78 is 5.68. The van der Waals surface area contributed by atoms with Crippen LogP contribution in [-0.4, -0.2) is 49.2 Å². The second kappa shape index (κ2) is 3.87. The molecule has 1 N–H and O–H groups in total. The van der Waals surface area contributed by atoms with Gasteiger partial charge in [0, 0.05) is 26.2 Å². The van der Waals surface area contributed by atoms with Crippen LogP contribution in [0.3, 0.4) is 0 Å². The molecule has 0 aliphatic carbocycles. The van der Waals surface area contributed by atoms with Gasteiger partial charge in [-0.15, -0.1) is 0 Å². The normalized spacial score (nSPS) is 33.8. The number of nitrogens with one attached hydrogen (secondary N) is 1. The first-order valence-corrected chi connectivity index (χ1v) is 5.32. The number of piperazine rings is 1. The van der Waals surface area contributed by atoms with E-state index in [-0.39, 0.29) is 11.5 Å². The molecule has 2 aliphatic heterocycles. The van der Waals surface area contributed by atoms with E-state index in [0.717, 1.165) is 39.1 Å². The molecular formula is C10H18N2O2. The molecule has 1 atom stereocenters. The van der Waals surface area contributed by atoms with Crippen LogP contribution in [0.15, 0.2) is 0 Å². The first-order valence-electron chi connectivity index (χ1n) is 5.32. The fourth-order valence-electron chi connectivity index (χ4n) is 2.18. The van der Waals surface area contributed by atoms with E-state index in [9.17, 15) is 4.79 Å². The largest absolute Gasteiger partial charge is 0.373 e. The number of carbonyl (C=O) groups excluding carboxylic acids is 1. The van der Waals surface area contributed by atoms with Crippen LogP contribution in [-0.2, 0) is 9.53 Å². The van der Waals surface area contributed by atoms with Gasteiger partial charge in [-0.1, -0.05) is 0 Å². The van der Waals surface area contributed by atoms with E-state index in [2.05, 4.69) is 12.2 Å². The van der Waals surface area contributed by atoms with Crippen LogP contribution >= 0.6 is 0 Å². The molecule has 14 heavy (non-hydrogen) atoms. The summed E-state index contributed by atoms with van der Waals surface area (Å²) in [6, 6.07) is 0. The van der Waals surface area contributed by atoms with Gasteiger partial charge >= 0.3 is 0 Å². The van der Waals surface area contributed by atoms with Gasteiger partial charge in [-0.05, 0) is 19.8 Å². The van der Waals surface area contributed by atoms with Gasteiger partial charge in [0.15, 0.2) is 0 Å². The third kappa shape index (κ3) is 2.07. The lowest BCUT2D eigenvalue weighted by atomic mass is 10.0. The molecule has 0 bridgehead atoms. The lowest BCUT2D eigenvalue weighted by molar-refractivity contribution is -0.135. The van der Waals surface area contributed by atoms with Crippen LogP contribution in [0, 0.1) is 0 Å². The Morgan fingerprint density at radius 3 is 3.14 bits per heavy atom. The van der Waals surface area contributed by atoms with Crippen molar-refractivity contribution in [1.29, 1.82) is 0 Å². The van der Waals surface area contributed by atoms with Crippen molar-refractivity contribution in [2.24, 2.45) is 0 Å². The summed E-state index contributed by atoms with van der Waals surface area (Å²) in [5.74, 6) is 0.202. The predicted molar refractivity (Wildman–Crippen MR) is 53.0 cm³/mol. The van der Waals surface area contributed by atoms with E-state index >= 15 is 0 Å². The van der Waals surface area contributed by atoms with E-state index in [1.807, 2.05) is 4.90 Å². The smallest absolute Gasteiger partial charge is 0.236 e. The molecule has 0 aromatic rings. The maximum absolute atomic E-state index is 11.5. The van der Waals surface area contributed by atoms with Crippen molar-refractivity contribution in [1.82, 2.24) is 10.2 Å². The standard InChI is InChI=1S/C10H18N2O2/c1-10(3-2-6-14-10)8-12-5-4-11-7-9(12)13/h11H,2-8H2,1H3. The minimum absolute atomic E-state index is 0.0903. The van der Waals surface area contributed by atoms with Crippen molar-refractivity contribution in [3.05, 3.63) is 0 Å². The Morgan fingerprint density at radius 2 is 2.50 bits per heavy atom. The molecular weight excluding hydrogens is 180 g/mol. The molecule has 2 aliphatic rings. The van der Waals surface area contributed by atoms with Gasteiger partial charge in [0.25, 0.3) is 0 Å². The van der Waals surface area contributed by atoms with Gasteiger partial charge in [0.2, 0.25) is 5.91 Å². The number of amides is 1. The summed E-state index contributed by atoms with van der Waals surface area (Å²) in [4.78, 5) is 13.5. The average molecular weight is 198 g/mol. The van der Waals surface area contributed by atoms with E-state index in [1.165, 1.54) is 0 Å². The minimum atomic E-state index is -0.0903. The van der Waals surface area contributed by atoms with E-state index in [4.69, 9.17) is 4.74 Å². The first-order chi connectivity index (χ1) is 6.70. The van der Waals surface area contributed by atoms with Gasteiger partial charge in [-0.2, -0.15) is 0 Å². The van der Waals surface area contributed by atoms with Crippen LogP contribution in [0.1, 0.15) is 19.8 Å². The van der Waals surface area contributed by atoms with Crippen LogP contribution in [0.2, 0.25) is 0 Å². The number of hydrogen-bond donors (Lipinski definition) is 1. The maximum Gasteiger partial charge on any atom is 0.236 e. The van der Waals surface area contributed by atoms with Gasteiger partial charge in [-0.3, -0.25) is 4.79 Å². The Hall–Kier alpha value is -0.610. The third-order valence-electron chi connectivity index (χ3n) is 3.01. The highest BCUT2D eigenvalue weighted by Gasteiger charge is 2.33. The van der Waals surface area contributed by atoms with Crippen molar-refractivity contribution in [2.75, 3.05) is 32.8 Å². The average Bonchev–Trinajstić information content (AvgIpc) is 2.57. The van der Waals surface area contributed by atoms with Crippen molar-refractivity contribution < 1.29 is 9.53 Å². The van der Waals surface area contributed by atoms with Crippen LogP contribution in [0.4, 0.5) is 0 Å². The maximum atomic E-state index is 11.5. The fraction of sp³-hybridized carbons (Fsp3) is 0.900. The Kier molecular flexibility index (Phi) is 2.74. The van der Waals surface area contributed by atoms with Crippen LogP contribution in [0.5, 0.6) is 0 Å². The van der Waals surface area contributed by atoms with Crippen LogP contribution in [0.25, 0.3) is 0 Å². The van der Waals surface area contributed by atoms with Gasteiger partial charge in [0.05, 0.1) is 12.1 Å². The highest BCUT2D eigenvalue weighted by Crippen LogP contribution is 2.26. The lowest BCUT2D eigenvalue weighted by Gasteiger charge is -2.34. The fourth-order valence-corrected chi connectivity index (χ4v) is 2.18. The molecule has 1 unspecified atom stereocenters. The van der Waals surface area contributed by atoms with Crippen molar-refractivity contribution in [3.63, 3.8) is 0 Å². The Morgan fingerprint density at radius 1 is 1.64 bits per heavy atom. The Bertz CT molecular complexity index is 224. The van der Waals surface area contributed by atoms with E-state index in [1.54, 1.807) is 0 Å². The lowest BCUT2D eigenvalue weighted by Crippen LogP contribution is -2.52. The Balaban J connectivity index is 1.91. The molecule has 2 rings (SSSR count). The quantitative estimate of drug-likeness (QED) is 0.678. The van der Waals surface area contributed by atoms with Crippen molar-refractivity contribution >= 4 is 5.91 Å². The first kappa shape index (κ1) is 9.93. The zero-order chi connectivity index (χ0) is 10.0. The zero-order valence-corrected chi connectivity index (χ0v) is 8.71. The Labute approximate surface area is 84.6 Å². The second-order valence-corrected chi connectivity index (χ2v) is 4.39. The number of carbonyl (C=O) groups is 1. The molecule has 1 amide bonds. The SMILES string of the molecule is CC1(CN2CCNCC2=O)CCCO1. The van der Waals surface area contributed by atoms with E-state index in [0.29, 0.717) is 6.54 Å². The monoisotopic (exact) mass is 198 g/mol. The van der Waals surface area contributed by atoms with Gasteiger partial charge in [0.1, 0.15) is 0 Å². The molecule has 2 saturated heterocycles. The molecule has 0 radical (unpaired) electrons.